The molecular weight excluding hydrogens is 402 g/mol. The smallest absolute Gasteiger partial charge is 0.171 e. The summed E-state index contributed by atoms with van der Waals surface area (Å²) in [4.78, 5) is 0. The highest BCUT2D eigenvalue weighted by Gasteiger charge is 2.29. The van der Waals surface area contributed by atoms with Gasteiger partial charge in [-0.3, -0.25) is 0 Å². The van der Waals surface area contributed by atoms with E-state index in [1.54, 1.807) is 0 Å². The zero-order chi connectivity index (χ0) is 15.6. The van der Waals surface area contributed by atoms with Crippen molar-refractivity contribution < 1.29 is 4.57 Å². The van der Waals surface area contributed by atoms with Crippen molar-refractivity contribution in [3.05, 3.63) is 88.0 Å². The monoisotopic (exact) mass is 418 g/mol. The average molecular weight is 418 g/mol. The molecule has 0 aromatic heterocycles. The van der Waals surface area contributed by atoms with Crippen molar-refractivity contribution in [1.29, 1.82) is 0 Å². The third-order valence-corrected chi connectivity index (χ3v) is 8.01. The minimum absolute atomic E-state index is 0.877. The van der Waals surface area contributed by atoms with Crippen LogP contribution in [0.2, 0.25) is 0 Å². The van der Waals surface area contributed by atoms with Crippen LogP contribution in [0.4, 0.5) is 0 Å². The van der Waals surface area contributed by atoms with Gasteiger partial charge in [0.2, 0.25) is 0 Å². The van der Waals surface area contributed by atoms with E-state index in [1.165, 1.54) is 3.57 Å². The number of aryl methyl sites for hydroxylation is 1. The maximum Gasteiger partial charge on any atom is 0.171 e. The highest BCUT2D eigenvalue weighted by atomic mass is 127. The van der Waals surface area contributed by atoms with Gasteiger partial charge in [-0.05, 0) is 53.3 Å². The topological polar surface area (TPSA) is 17.1 Å². The van der Waals surface area contributed by atoms with Crippen LogP contribution in [-0.4, -0.2) is 0 Å². The fraction of sp³-hybridized carbons (Fsp3) is 0.0526. The summed E-state index contributed by atoms with van der Waals surface area (Å²) in [6, 6.07) is 25.6. The summed E-state index contributed by atoms with van der Waals surface area (Å²) in [5.41, 5.74) is 1.16. The fourth-order valence-electron chi connectivity index (χ4n) is 2.55. The molecule has 0 aliphatic heterocycles. The highest BCUT2D eigenvalue weighted by Crippen LogP contribution is 2.42. The van der Waals surface area contributed by atoms with Gasteiger partial charge in [-0.15, -0.1) is 0 Å². The van der Waals surface area contributed by atoms with E-state index in [-0.39, 0.29) is 0 Å². The van der Waals surface area contributed by atoms with Crippen molar-refractivity contribution in [1.82, 2.24) is 0 Å². The van der Waals surface area contributed by atoms with Crippen molar-refractivity contribution in [2.24, 2.45) is 0 Å². The largest absolute Gasteiger partial charge is 0.309 e. The molecule has 0 heterocycles. The molecule has 3 heteroatoms. The highest BCUT2D eigenvalue weighted by molar-refractivity contribution is 14.1. The van der Waals surface area contributed by atoms with Gasteiger partial charge in [0, 0.05) is 19.5 Å². The van der Waals surface area contributed by atoms with Crippen LogP contribution in [0.3, 0.4) is 0 Å². The Bertz CT molecular complexity index is 785. The van der Waals surface area contributed by atoms with Crippen LogP contribution in [0.5, 0.6) is 0 Å². The average Bonchev–Trinajstić information content (AvgIpc) is 2.58. The third kappa shape index (κ3) is 2.78. The first kappa shape index (κ1) is 15.5. The van der Waals surface area contributed by atoms with Gasteiger partial charge in [-0.2, -0.15) is 0 Å². The molecular formula is C19H16IOP. The van der Waals surface area contributed by atoms with Crippen LogP contribution in [-0.2, 0) is 4.57 Å². The summed E-state index contributed by atoms with van der Waals surface area (Å²) in [5, 5.41) is 2.64. The van der Waals surface area contributed by atoms with Gasteiger partial charge >= 0.3 is 0 Å². The zero-order valence-corrected chi connectivity index (χ0v) is 15.3. The van der Waals surface area contributed by atoms with Crippen molar-refractivity contribution in [3.63, 3.8) is 0 Å². The number of halogens is 1. The molecule has 0 radical (unpaired) electrons. The lowest BCUT2D eigenvalue weighted by Crippen LogP contribution is -2.25. The molecule has 0 aliphatic carbocycles. The molecule has 3 rings (SSSR count). The molecule has 1 nitrogen and oxygen atoms in total. The zero-order valence-electron chi connectivity index (χ0n) is 12.2. The molecule has 0 bridgehead atoms. The summed E-state index contributed by atoms with van der Waals surface area (Å²) < 4.78 is 15.3. The van der Waals surface area contributed by atoms with Crippen molar-refractivity contribution >= 4 is 45.6 Å². The molecule has 0 unspecified atom stereocenters. The molecule has 0 N–H and O–H groups in total. The number of hydrogen-bond donors (Lipinski definition) is 0. The Kier molecular flexibility index (Phi) is 4.51. The van der Waals surface area contributed by atoms with Crippen molar-refractivity contribution in [3.8, 4) is 0 Å². The summed E-state index contributed by atoms with van der Waals surface area (Å²) >= 11 is 2.31. The lowest BCUT2D eigenvalue weighted by molar-refractivity contribution is 0.592. The molecule has 0 aliphatic rings. The number of hydrogen-bond acceptors (Lipinski definition) is 1. The van der Waals surface area contributed by atoms with E-state index in [1.807, 2.05) is 72.8 Å². The Labute approximate surface area is 144 Å². The molecule has 0 saturated carbocycles. The molecule has 0 fully saturated rings. The summed E-state index contributed by atoms with van der Waals surface area (Å²) in [6.07, 6.45) is 0. The van der Waals surface area contributed by atoms with Crippen LogP contribution in [0, 0.1) is 10.5 Å². The molecule has 0 atom stereocenters. The Morgan fingerprint density at radius 2 is 1.23 bits per heavy atom. The van der Waals surface area contributed by atoms with E-state index in [4.69, 9.17) is 0 Å². The first-order chi connectivity index (χ1) is 10.6. The van der Waals surface area contributed by atoms with Gasteiger partial charge < -0.3 is 4.57 Å². The SMILES string of the molecule is Cc1cc(P(=O)(c2ccccc2)c2ccccc2)ccc1I. The number of benzene rings is 3. The number of rotatable bonds is 3. The van der Waals surface area contributed by atoms with E-state index in [9.17, 15) is 4.57 Å². The quantitative estimate of drug-likeness (QED) is 0.460. The molecule has 3 aromatic rings. The van der Waals surface area contributed by atoms with Crippen LogP contribution in [0.25, 0.3) is 0 Å². The molecule has 22 heavy (non-hydrogen) atoms. The van der Waals surface area contributed by atoms with Gasteiger partial charge in [0.1, 0.15) is 0 Å². The first-order valence-electron chi connectivity index (χ1n) is 7.10. The van der Waals surface area contributed by atoms with E-state index < -0.39 is 7.14 Å². The second-order valence-electron chi connectivity index (χ2n) is 5.21. The third-order valence-electron chi connectivity index (χ3n) is 3.74. The van der Waals surface area contributed by atoms with Gasteiger partial charge in [-0.1, -0.05) is 60.7 Å². The second kappa shape index (κ2) is 6.39. The Balaban J connectivity index is 2.28. The maximum atomic E-state index is 14.1. The minimum atomic E-state index is -2.83. The lowest BCUT2D eigenvalue weighted by Gasteiger charge is -2.20. The fourth-order valence-corrected chi connectivity index (χ4v) is 5.62. The van der Waals surface area contributed by atoms with E-state index in [0.29, 0.717) is 0 Å². The Morgan fingerprint density at radius 1 is 0.727 bits per heavy atom. The molecule has 0 amide bonds. The van der Waals surface area contributed by atoms with Crippen LogP contribution >= 0.6 is 29.7 Å². The normalized spacial score (nSPS) is 11.4. The summed E-state index contributed by atoms with van der Waals surface area (Å²) in [7, 11) is -2.83. The van der Waals surface area contributed by atoms with E-state index in [0.717, 1.165) is 21.5 Å². The standard InChI is InChI=1S/C19H16IOP/c1-15-14-18(12-13-19(15)20)22(21,16-8-4-2-5-9-16)17-10-6-3-7-11-17/h2-14H,1H3. The molecule has 110 valence electrons. The first-order valence-corrected chi connectivity index (χ1v) is 9.89. The lowest BCUT2D eigenvalue weighted by atomic mass is 10.2. The van der Waals surface area contributed by atoms with Gasteiger partial charge in [0.15, 0.2) is 7.14 Å². The van der Waals surface area contributed by atoms with Gasteiger partial charge in [0.05, 0.1) is 0 Å². The summed E-state index contributed by atoms with van der Waals surface area (Å²) in [6.45, 7) is 2.06. The van der Waals surface area contributed by atoms with Crippen LogP contribution < -0.4 is 15.9 Å². The minimum Gasteiger partial charge on any atom is -0.309 e. The Hall–Kier alpha value is -1.38. The van der Waals surface area contributed by atoms with Gasteiger partial charge in [0.25, 0.3) is 0 Å². The Morgan fingerprint density at radius 3 is 1.68 bits per heavy atom. The van der Waals surface area contributed by atoms with Gasteiger partial charge in [-0.25, -0.2) is 0 Å². The predicted molar refractivity (Wildman–Crippen MR) is 103 cm³/mol. The second-order valence-corrected chi connectivity index (χ2v) is 9.14. The molecule has 0 spiro atoms. The van der Waals surface area contributed by atoms with Crippen molar-refractivity contribution in [2.45, 2.75) is 6.92 Å². The molecule has 0 saturated heterocycles. The summed E-state index contributed by atoms with van der Waals surface area (Å²) in [5.74, 6) is 0. The van der Waals surface area contributed by atoms with E-state index >= 15 is 0 Å². The molecule has 3 aromatic carbocycles. The maximum absolute atomic E-state index is 14.1. The van der Waals surface area contributed by atoms with Crippen LogP contribution in [0.1, 0.15) is 5.56 Å². The van der Waals surface area contributed by atoms with E-state index in [2.05, 4.69) is 35.6 Å². The predicted octanol–water partition coefficient (Wildman–Crippen LogP) is 4.24. The van der Waals surface area contributed by atoms with Crippen molar-refractivity contribution in [2.75, 3.05) is 0 Å². The van der Waals surface area contributed by atoms with Crippen LogP contribution in [0.15, 0.2) is 78.9 Å².